The van der Waals surface area contributed by atoms with Gasteiger partial charge in [-0.25, -0.2) is 0 Å². The van der Waals surface area contributed by atoms with Crippen molar-refractivity contribution in [3.63, 3.8) is 0 Å². The number of benzene rings is 1. The first-order valence-corrected chi connectivity index (χ1v) is 5.79. The molecule has 0 aliphatic heterocycles. The van der Waals surface area contributed by atoms with Gasteiger partial charge in [0.15, 0.2) is 0 Å². The Kier molecular flexibility index (Phi) is 3.62. The van der Waals surface area contributed by atoms with Crippen molar-refractivity contribution in [1.82, 2.24) is 9.78 Å². The third kappa shape index (κ3) is 3.10. The normalized spacial score (nSPS) is 10.3. The molecule has 5 heteroatoms. The van der Waals surface area contributed by atoms with Crippen molar-refractivity contribution in [2.75, 3.05) is 11.1 Å². The van der Waals surface area contributed by atoms with Crippen LogP contribution in [-0.4, -0.2) is 15.7 Å². The molecule has 3 N–H and O–H groups in total. The van der Waals surface area contributed by atoms with Crippen LogP contribution in [0.5, 0.6) is 0 Å². The molecule has 1 heterocycles. The number of nitrogens with two attached hydrogens (primary N) is 1. The predicted molar refractivity (Wildman–Crippen MR) is 71.1 cm³/mol. The highest BCUT2D eigenvalue weighted by molar-refractivity contribution is 5.90. The van der Waals surface area contributed by atoms with Crippen LogP contribution in [0.2, 0.25) is 0 Å². The second-order valence-corrected chi connectivity index (χ2v) is 4.12. The molecule has 0 saturated carbocycles. The van der Waals surface area contributed by atoms with E-state index < -0.39 is 0 Å². The smallest absolute Gasteiger partial charge is 0.226 e. The molecule has 0 aliphatic rings. The number of anilines is 2. The van der Waals surface area contributed by atoms with E-state index in [9.17, 15) is 4.79 Å². The van der Waals surface area contributed by atoms with E-state index in [2.05, 4.69) is 10.4 Å². The van der Waals surface area contributed by atoms with Crippen molar-refractivity contribution in [2.24, 2.45) is 0 Å². The summed E-state index contributed by atoms with van der Waals surface area (Å²) in [6.07, 6.45) is 2.13. The van der Waals surface area contributed by atoms with E-state index in [1.165, 1.54) is 0 Å². The molecular formula is C13H16N4O. The molecule has 94 valence electrons. The molecule has 1 aromatic carbocycles. The van der Waals surface area contributed by atoms with E-state index in [4.69, 9.17) is 5.73 Å². The largest absolute Gasteiger partial charge is 0.399 e. The van der Waals surface area contributed by atoms with Crippen LogP contribution < -0.4 is 11.1 Å². The number of hydrogen-bond donors (Lipinski definition) is 2. The Morgan fingerprint density at radius 2 is 2.06 bits per heavy atom. The summed E-state index contributed by atoms with van der Waals surface area (Å²) in [6, 6.07) is 9.00. The Balaban J connectivity index is 1.86. The number of carbonyl (C=O) groups excluding carboxylic acids is 1. The van der Waals surface area contributed by atoms with Gasteiger partial charge in [-0.2, -0.15) is 5.10 Å². The fraction of sp³-hybridized carbons (Fsp3) is 0.231. The second kappa shape index (κ2) is 5.35. The van der Waals surface area contributed by atoms with E-state index in [0.717, 1.165) is 11.4 Å². The zero-order chi connectivity index (χ0) is 13.0. The van der Waals surface area contributed by atoms with E-state index >= 15 is 0 Å². The van der Waals surface area contributed by atoms with Crippen molar-refractivity contribution in [1.29, 1.82) is 0 Å². The van der Waals surface area contributed by atoms with Gasteiger partial charge >= 0.3 is 0 Å². The lowest BCUT2D eigenvalue weighted by Crippen LogP contribution is -2.15. The Hall–Kier alpha value is -2.30. The minimum atomic E-state index is -0.0327. The van der Waals surface area contributed by atoms with Crippen LogP contribution in [0.15, 0.2) is 36.5 Å². The number of rotatable bonds is 4. The molecule has 2 aromatic rings. The lowest BCUT2D eigenvalue weighted by atomic mass is 10.3. The third-order valence-corrected chi connectivity index (χ3v) is 2.67. The minimum Gasteiger partial charge on any atom is -0.399 e. The lowest BCUT2D eigenvalue weighted by molar-refractivity contribution is -0.116. The molecular weight excluding hydrogens is 228 g/mol. The number of carbonyl (C=O) groups is 1. The number of aryl methyl sites for hydroxylation is 2. The minimum absolute atomic E-state index is 0.0327. The summed E-state index contributed by atoms with van der Waals surface area (Å²) in [5.41, 5.74) is 8.06. The second-order valence-electron chi connectivity index (χ2n) is 4.12. The van der Waals surface area contributed by atoms with Crippen LogP contribution in [-0.2, 0) is 11.3 Å². The predicted octanol–water partition coefficient (Wildman–Crippen LogP) is 1.80. The fourth-order valence-corrected chi connectivity index (χ4v) is 1.63. The SMILES string of the molecule is Cc1ccnn1CCC(=O)Nc1ccc(N)cc1. The zero-order valence-corrected chi connectivity index (χ0v) is 10.3. The maximum atomic E-state index is 11.7. The average molecular weight is 244 g/mol. The summed E-state index contributed by atoms with van der Waals surface area (Å²) in [5, 5.41) is 6.94. The van der Waals surface area contributed by atoms with Crippen LogP contribution in [0, 0.1) is 6.92 Å². The zero-order valence-electron chi connectivity index (χ0n) is 10.3. The summed E-state index contributed by atoms with van der Waals surface area (Å²) >= 11 is 0. The molecule has 0 aliphatic carbocycles. The topological polar surface area (TPSA) is 72.9 Å². The van der Waals surface area contributed by atoms with Gasteiger partial charge in [0.25, 0.3) is 0 Å². The molecule has 0 atom stereocenters. The Labute approximate surface area is 106 Å². The fourth-order valence-electron chi connectivity index (χ4n) is 1.63. The van der Waals surface area contributed by atoms with Crippen molar-refractivity contribution < 1.29 is 4.79 Å². The molecule has 2 rings (SSSR count). The van der Waals surface area contributed by atoms with Crippen molar-refractivity contribution >= 4 is 17.3 Å². The van der Waals surface area contributed by atoms with Gasteiger partial charge < -0.3 is 11.1 Å². The summed E-state index contributed by atoms with van der Waals surface area (Å²) in [7, 11) is 0. The summed E-state index contributed by atoms with van der Waals surface area (Å²) in [4.78, 5) is 11.7. The highest BCUT2D eigenvalue weighted by Gasteiger charge is 2.04. The van der Waals surface area contributed by atoms with Gasteiger partial charge in [-0.05, 0) is 37.3 Å². The monoisotopic (exact) mass is 244 g/mol. The first kappa shape index (κ1) is 12.2. The highest BCUT2D eigenvalue weighted by atomic mass is 16.1. The summed E-state index contributed by atoms with van der Waals surface area (Å²) in [5.74, 6) is -0.0327. The van der Waals surface area contributed by atoms with Crippen LogP contribution >= 0.6 is 0 Å². The lowest BCUT2D eigenvalue weighted by Gasteiger charge is -2.06. The molecule has 0 saturated heterocycles. The molecule has 1 aromatic heterocycles. The van der Waals surface area contributed by atoms with E-state index in [-0.39, 0.29) is 5.91 Å². The van der Waals surface area contributed by atoms with Crippen molar-refractivity contribution in [3.8, 4) is 0 Å². The molecule has 18 heavy (non-hydrogen) atoms. The number of nitrogens with zero attached hydrogens (tertiary/aromatic N) is 2. The number of amides is 1. The number of aromatic nitrogens is 2. The number of nitrogens with one attached hydrogen (secondary N) is 1. The molecule has 0 spiro atoms. The first-order chi connectivity index (χ1) is 8.65. The number of hydrogen-bond acceptors (Lipinski definition) is 3. The van der Waals surface area contributed by atoms with Crippen LogP contribution in [0.1, 0.15) is 12.1 Å². The average Bonchev–Trinajstić information content (AvgIpc) is 2.75. The van der Waals surface area contributed by atoms with Gasteiger partial charge in [-0.1, -0.05) is 0 Å². The van der Waals surface area contributed by atoms with Gasteiger partial charge in [-0.15, -0.1) is 0 Å². The van der Waals surface area contributed by atoms with Gasteiger partial charge in [0.2, 0.25) is 5.91 Å². The summed E-state index contributed by atoms with van der Waals surface area (Å²) < 4.78 is 1.81. The standard InChI is InChI=1S/C13H16N4O/c1-10-6-8-15-17(10)9-7-13(18)16-12-4-2-11(14)3-5-12/h2-6,8H,7,9,14H2,1H3,(H,16,18). The highest BCUT2D eigenvalue weighted by Crippen LogP contribution is 2.10. The van der Waals surface area contributed by atoms with Crippen molar-refractivity contribution in [2.45, 2.75) is 19.9 Å². The Morgan fingerprint density at radius 1 is 1.33 bits per heavy atom. The van der Waals surface area contributed by atoms with Gasteiger partial charge in [0, 0.05) is 36.2 Å². The van der Waals surface area contributed by atoms with E-state index in [1.807, 2.05) is 17.7 Å². The molecule has 0 fully saturated rings. The first-order valence-electron chi connectivity index (χ1n) is 5.79. The van der Waals surface area contributed by atoms with Gasteiger partial charge in [0.05, 0.1) is 0 Å². The third-order valence-electron chi connectivity index (χ3n) is 2.67. The van der Waals surface area contributed by atoms with Gasteiger partial charge in [0.1, 0.15) is 0 Å². The quantitative estimate of drug-likeness (QED) is 0.805. The molecule has 0 bridgehead atoms. The Bertz CT molecular complexity index is 530. The van der Waals surface area contributed by atoms with Crippen LogP contribution in [0.3, 0.4) is 0 Å². The van der Waals surface area contributed by atoms with Crippen LogP contribution in [0.25, 0.3) is 0 Å². The number of nitrogen functional groups attached to an aromatic ring is 1. The van der Waals surface area contributed by atoms with Gasteiger partial charge in [-0.3, -0.25) is 9.48 Å². The molecule has 5 nitrogen and oxygen atoms in total. The Morgan fingerprint density at radius 3 is 2.67 bits per heavy atom. The van der Waals surface area contributed by atoms with E-state index in [1.54, 1.807) is 30.5 Å². The van der Waals surface area contributed by atoms with E-state index in [0.29, 0.717) is 18.7 Å². The maximum absolute atomic E-state index is 11.7. The van der Waals surface area contributed by atoms with Crippen molar-refractivity contribution in [3.05, 3.63) is 42.2 Å². The summed E-state index contributed by atoms with van der Waals surface area (Å²) in [6.45, 7) is 2.55. The maximum Gasteiger partial charge on any atom is 0.226 e. The molecule has 0 radical (unpaired) electrons. The molecule has 1 amide bonds. The van der Waals surface area contributed by atoms with Crippen LogP contribution in [0.4, 0.5) is 11.4 Å². The molecule has 0 unspecified atom stereocenters.